The van der Waals surface area contributed by atoms with Gasteiger partial charge in [0.2, 0.25) is 5.91 Å². The molecule has 0 fully saturated rings. The van der Waals surface area contributed by atoms with Crippen LogP contribution in [0.2, 0.25) is 0 Å². The summed E-state index contributed by atoms with van der Waals surface area (Å²) in [6.07, 6.45) is -0.0286. The van der Waals surface area contributed by atoms with E-state index >= 15 is 0 Å². The number of carbonyl (C=O) groups is 2. The van der Waals surface area contributed by atoms with Crippen molar-refractivity contribution < 1.29 is 14.7 Å². The summed E-state index contributed by atoms with van der Waals surface area (Å²) in [6.45, 7) is 0.488. The molecule has 1 amide bonds. The number of rotatable bonds is 5. The van der Waals surface area contributed by atoms with E-state index in [0.717, 1.165) is 0 Å². The Morgan fingerprint density at radius 1 is 1.42 bits per heavy atom. The van der Waals surface area contributed by atoms with E-state index in [4.69, 9.17) is 5.11 Å². The Morgan fingerprint density at radius 2 is 2.00 bits per heavy atom. The topological polar surface area (TPSA) is 69.6 Å². The predicted molar refractivity (Wildman–Crippen MR) is 43.8 cm³/mol. The van der Waals surface area contributed by atoms with Gasteiger partial charge in [-0.2, -0.15) is 0 Å². The van der Waals surface area contributed by atoms with Gasteiger partial charge in [-0.05, 0) is 14.1 Å². The Labute approximate surface area is 71.4 Å². The number of nitrogens with one attached hydrogen (secondary N) is 1. The van der Waals surface area contributed by atoms with Crippen LogP contribution in [0, 0.1) is 0 Å². The molecule has 2 N–H and O–H groups in total. The summed E-state index contributed by atoms with van der Waals surface area (Å²) in [6, 6.07) is 0. The van der Waals surface area contributed by atoms with E-state index in [2.05, 4.69) is 5.32 Å². The van der Waals surface area contributed by atoms with Crippen LogP contribution >= 0.6 is 0 Å². The smallest absolute Gasteiger partial charge is 0.305 e. The van der Waals surface area contributed by atoms with E-state index in [1.165, 1.54) is 0 Å². The highest BCUT2D eigenvalue weighted by atomic mass is 16.4. The number of hydrogen-bond donors (Lipinski definition) is 2. The van der Waals surface area contributed by atoms with Crippen LogP contribution in [0.1, 0.15) is 6.42 Å². The Morgan fingerprint density at radius 3 is 2.42 bits per heavy atom. The lowest BCUT2D eigenvalue weighted by molar-refractivity contribution is -0.136. The number of amides is 1. The zero-order chi connectivity index (χ0) is 9.56. The second kappa shape index (κ2) is 5.54. The quantitative estimate of drug-likeness (QED) is 0.533. The molecule has 0 atom stereocenters. The number of hydrogen-bond acceptors (Lipinski definition) is 3. The highest BCUT2D eigenvalue weighted by molar-refractivity contribution is 5.78. The average Bonchev–Trinajstić information content (AvgIpc) is 1.84. The summed E-state index contributed by atoms with van der Waals surface area (Å²) in [7, 11) is 3.55. The van der Waals surface area contributed by atoms with Gasteiger partial charge in [-0.3, -0.25) is 9.59 Å². The molecule has 0 spiro atoms. The number of carboxylic acids is 1. The monoisotopic (exact) mass is 175 g/mol. The molecule has 0 aromatic rings. The average molecular weight is 175 g/mol. The van der Waals surface area contributed by atoms with E-state index in [1.54, 1.807) is 19.0 Å². The van der Waals surface area contributed by atoms with Gasteiger partial charge in [0.15, 0.2) is 0 Å². The molecule has 12 heavy (non-hydrogen) atoms. The minimum atomic E-state index is -0.903. The summed E-state index contributed by atoms with van der Waals surface area (Å²) < 4.78 is 0. The second-order valence-electron chi connectivity index (χ2n) is 2.73. The molecule has 0 bridgehead atoms. The van der Waals surface area contributed by atoms with E-state index in [9.17, 15) is 9.59 Å². The van der Waals surface area contributed by atoms with Crippen LogP contribution in [0.15, 0.2) is 0 Å². The molecule has 0 aliphatic rings. The lowest BCUT2D eigenvalue weighted by Gasteiger charge is -2.08. The molecule has 0 unspecified atom stereocenters. The van der Waals surface area contributed by atoms with Gasteiger partial charge in [0.05, 0.1) is 13.0 Å². The summed E-state index contributed by atoms with van der Waals surface area (Å²) in [5, 5.41) is 10.7. The summed E-state index contributed by atoms with van der Waals surface area (Å²) in [4.78, 5) is 22.6. The van der Waals surface area contributed by atoms with Gasteiger partial charge in [0, 0.05) is 6.54 Å². The Kier molecular flexibility index (Phi) is 5.03. The van der Waals surface area contributed by atoms with Crippen molar-refractivity contribution in [1.82, 2.24) is 10.2 Å². The van der Waals surface area contributed by atoms with Crippen molar-refractivity contribution in [2.75, 3.05) is 27.2 Å². The van der Waals surface area contributed by atoms with Gasteiger partial charge >= 0.3 is 5.97 Å². The van der Waals surface area contributed by atoms with Crippen LogP contribution in [0.5, 0.6) is 0 Å². The van der Waals surface area contributed by atoms with Crippen LogP contribution < -0.4 is 5.32 Å². The standard InChI is InChI=1S/C7H14N2O3/c1-9(2)5-6(10)8-4-3-7(11)12/h3-5H2,1-2H3,(H,8,10)(H,11,12)/i5+1. The highest BCUT2D eigenvalue weighted by Crippen LogP contribution is 1.77. The number of carboxylic acid groups (broad SMARTS) is 1. The van der Waals surface area contributed by atoms with Crippen molar-refractivity contribution in [2.24, 2.45) is 0 Å². The van der Waals surface area contributed by atoms with E-state index < -0.39 is 5.97 Å². The molecule has 5 nitrogen and oxygen atoms in total. The van der Waals surface area contributed by atoms with Gasteiger partial charge in [0.25, 0.3) is 0 Å². The van der Waals surface area contributed by atoms with Gasteiger partial charge in [-0.1, -0.05) is 0 Å². The van der Waals surface area contributed by atoms with Crippen LogP contribution in [-0.2, 0) is 9.59 Å². The largest absolute Gasteiger partial charge is 0.481 e. The van der Waals surface area contributed by atoms with Gasteiger partial charge < -0.3 is 15.3 Å². The summed E-state index contributed by atoms with van der Waals surface area (Å²) in [5.41, 5.74) is 0. The molecule has 0 aliphatic carbocycles. The molecule has 0 radical (unpaired) electrons. The molecule has 70 valence electrons. The summed E-state index contributed by atoms with van der Waals surface area (Å²) >= 11 is 0. The fourth-order valence-corrected chi connectivity index (χ4v) is 0.652. The number of carbonyl (C=O) groups excluding carboxylic acids is 1. The van der Waals surface area contributed by atoms with Crippen molar-refractivity contribution in [1.29, 1.82) is 0 Å². The van der Waals surface area contributed by atoms with Crippen LogP contribution in [0.25, 0.3) is 0 Å². The zero-order valence-corrected chi connectivity index (χ0v) is 7.33. The fraction of sp³-hybridized carbons (Fsp3) is 0.714. The van der Waals surface area contributed by atoms with Crippen molar-refractivity contribution in [3.8, 4) is 0 Å². The maximum Gasteiger partial charge on any atom is 0.305 e. The fourth-order valence-electron chi connectivity index (χ4n) is 0.652. The molecule has 5 heteroatoms. The molecule has 0 saturated heterocycles. The predicted octanol–water partition coefficient (Wildman–Crippen LogP) is -0.861. The van der Waals surface area contributed by atoms with Crippen LogP contribution in [0.3, 0.4) is 0 Å². The van der Waals surface area contributed by atoms with E-state index in [0.29, 0.717) is 6.54 Å². The Bertz CT molecular complexity index is 168. The third-order valence-electron chi connectivity index (χ3n) is 1.12. The number of nitrogens with zero attached hydrogens (tertiary/aromatic N) is 1. The first-order valence-electron chi connectivity index (χ1n) is 3.65. The van der Waals surface area contributed by atoms with E-state index in [-0.39, 0.29) is 18.9 Å². The first-order valence-corrected chi connectivity index (χ1v) is 3.65. The van der Waals surface area contributed by atoms with Gasteiger partial charge in [0.1, 0.15) is 0 Å². The first-order chi connectivity index (χ1) is 5.52. The molecule has 0 heterocycles. The highest BCUT2D eigenvalue weighted by Gasteiger charge is 2.02. The maximum absolute atomic E-state index is 10.9. The molecular weight excluding hydrogens is 161 g/mol. The molecule has 0 rings (SSSR count). The van der Waals surface area contributed by atoms with Crippen LogP contribution in [0.4, 0.5) is 0 Å². The van der Waals surface area contributed by atoms with Gasteiger partial charge in [-0.25, -0.2) is 0 Å². The van der Waals surface area contributed by atoms with E-state index in [1.807, 2.05) is 0 Å². The first kappa shape index (κ1) is 10.9. The third-order valence-corrected chi connectivity index (χ3v) is 1.12. The second-order valence-corrected chi connectivity index (χ2v) is 2.73. The number of likely N-dealkylation sites (N-methyl/N-ethyl adjacent to an activating group) is 1. The Hall–Kier alpha value is -1.10. The summed E-state index contributed by atoms with van der Waals surface area (Å²) in [5.74, 6) is -1.05. The minimum Gasteiger partial charge on any atom is -0.481 e. The SMILES string of the molecule is CN(C)[13CH2]C(=O)NCCC(=O)O. The molecule has 0 saturated carbocycles. The van der Waals surface area contributed by atoms with Crippen molar-refractivity contribution in [2.45, 2.75) is 6.42 Å². The van der Waals surface area contributed by atoms with Crippen LogP contribution in [-0.4, -0.2) is 49.1 Å². The van der Waals surface area contributed by atoms with Crippen molar-refractivity contribution in [3.63, 3.8) is 0 Å². The maximum atomic E-state index is 10.9. The van der Waals surface area contributed by atoms with Crippen molar-refractivity contribution in [3.05, 3.63) is 0 Å². The van der Waals surface area contributed by atoms with Crippen molar-refractivity contribution >= 4 is 11.9 Å². The normalized spacial score (nSPS) is 9.92. The zero-order valence-electron chi connectivity index (χ0n) is 7.33. The Balaban J connectivity index is 3.38. The lowest BCUT2D eigenvalue weighted by atomic mass is 10.4. The lowest BCUT2D eigenvalue weighted by Crippen LogP contribution is -2.34. The number of aliphatic carboxylic acids is 1. The van der Waals surface area contributed by atoms with Gasteiger partial charge in [-0.15, -0.1) is 0 Å². The minimum absolute atomic E-state index is 0.0286. The third kappa shape index (κ3) is 7.01. The molecular formula is C7H14N2O3. The molecule has 0 aromatic carbocycles. The molecule has 0 aliphatic heterocycles. The molecule has 0 aromatic heterocycles.